The predicted molar refractivity (Wildman–Crippen MR) is 112 cm³/mol. The zero-order valence-corrected chi connectivity index (χ0v) is 17.7. The smallest absolute Gasteiger partial charge is 0.199 e. The van der Waals surface area contributed by atoms with Crippen molar-refractivity contribution < 1.29 is 0 Å². The van der Waals surface area contributed by atoms with Gasteiger partial charge < -0.3 is 9.88 Å². The summed E-state index contributed by atoms with van der Waals surface area (Å²) in [6, 6.07) is 8.53. The van der Waals surface area contributed by atoms with E-state index in [1.54, 1.807) is 0 Å². The van der Waals surface area contributed by atoms with E-state index in [0.29, 0.717) is 0 Å². The molecular formula is C21H32N6. The average Bonchev–Trinajstić information content (AvgIpc) is 3.15. The number of hydrogen-bond acceptors (Lipinski definition) is 4. The first-order chi connectivity index (χ1) is 12.6. The molecule has 0 aliphatic heterocycles. The van der Waals surface area contributed by atoms with E-state index in [2.05, 4.69) is 98.1 Å². The van der Waals surface area contributed by atoms with Crippen LogP contribution >= 0.6 is 0 Å². The molecule has 6 nitrogen and oxygen atoms in total. The average molecular weight is 369 g/mol. The highest BCUT2D eigenvalue weighted by Gasteiger charge is 2.27. The first-order valence-electron chi connectivity index (χ1n) is 9.82. The first-order valence-corrected chi connectivity index (χ1v) is 9.82. The van der Waals surface area contributed by atoms with Crippen LogP contribution in [0.5, 0.6) is 0 Å². The minimum atomic E-state index is -0.197. The summed E-state index contributed by atoms with van der Waals surface area (Å²) < 4.78 is 4.30. The molecule has 0 fully saturated rings. The fourth-order valence-electron chi connectivity index (χ4n) is 3.36. The molecule has 0 radical (unpaired) electrons. The van der Waals surface area contributed by atoms with Crippen molar-refractivity contribution in [2.24, 2.45) is 0 Å². The van der Waals surface area contributed by atoms with Crippen molar-refractivity contribution in [3.05, 3.63) is 24.3 Å². The summed E-state index contributed by atoms with van der Waals surface area (Å²) in [6.45, 7) is 16.1. The van der Waals surface area contributed by atoms with Crippen LogP contribution in [-0.2, 0) is 12.1 Å². The van der Waals surface area contributed by atoms with Crippen molar-refractivity contribution in [1.29, 1.82) is 0 Å². The Morgan fingerprint density at radius 2 is 1.67 bits per heavy atom. The van der Waals surface area contributed by atoms with E-state index < -0.39 is 0 Å². The molecule has 0 saturated carbocycles. The SMILES string of the molecule is CCCCn1c(NC(C)(C)C)c2ccccc2c1-c1nnnn1C(C)(C)C. The Bertz CT molecular complexity index is 920. The Kier molecular flexibility index (Phi) is 5.02. The van der Waals surface area contributed by atoms with Gasteiger partial charge in [-0.3, -0.25) is 0 Å². The summed E-state index contributed by atoms with van der Waals surface area (Å²) >= 11 is 0. The zero-order valence-electron chi connectivity index (χ0n) is 17.7. The fraction of sp³-hybridized carbons (Fsp3) is 0.571. The second kappa shape index (κ2) is 6.98. The van der Waals surface area contributed by atoms with Crippen LogP contribution in [0.3, 0.4) is 0 Å². The summed E-state index contributed by atoms with van der Waals surface area (Å²) in [5.41, 5.74) is 0.848. The van der Waals surface area contributed by atoms with Gasteiger partial charge in [0, 0.05) is 22.9 Å². The molecule has 3 rings (SSSR count). The van der Waals surface area contributed by atoms with E-state index in [4.69, 9.17) is 0 Å². The third kappa shape index (κ3) is 3.84. The van der Waals surface area contributed by atoms with Crippen LogP contribution in [0.15, 0.2) is 24.3 Å². The molecule has 2 heterocycles. The van der Waals surface area contributed by atoms with Crippen molar-refractivity contribution in [3.8, 4) is 11.5 Å². The Morgan fingerprint density at radius 3 is 2.26 bits per heavy atom. The maximum Gasteiger partial charge on any atom is 0.199 e. The molecule has 0 saturated heterocycles. The van der Waals surface area contributed by atoms with Gasteiger partial charge in [0.25, 0.3) is 0 Å². The first kappa shape index (κ1) is 19.4. The van der Waals surface area contributed by atoms with E-state index in [0.717, 1.165) is 36.7 Å². The highest BCUT2D eigenvalue weighted by Crippen LogP contribution is 2.38. The summed E-state index contributed by atoms with van der Waals surface area (Å²) in [5, 5.41) is 18.9. The number of unbranched alkanes of at least 4 members (excludes halogenated alkanes) is 1. The number of fused-ring (bicyclic) bond motifs is 1. The molecule has 0 amide bonds. The van der Waals surface area contributed by atoms with Crippen LogP contribution in [-0.4, -0.2) is 30.3 Å². The summed E-state index contributed by atoms with van der Waals surface area (Å²) in [7, 11) is 0. The maximum atomic E-state index is 4.43. The standard InChI is InChI=1S/C21H32N6/c1-8-9-14-26-17(19-23-24-25-27(19)21(5,6)7)15-12-10-11-13-16(15)18(26)22-20(2,3)4/h10-13,22H,8-9,14H2,1-7H3. The Morgan fingerprint density at radius 1 is 1.00 bits per heavy atom. The van der Waals surface area contributed by atoms with Crippen molar-refractivity contribution in [3.63, 3.8) is 0 Å². The van der Waals surface area contributed by atoms with E-state index in [1.165, 1.54) is 10.8 Å². The number of rotatable bonds is 5. The van der Waals surface area contributed by atoms with Gasteiger partial charge in [-0.1, -0.05) is 37.6 Å². The number of hydrogen-bond donors (Lipinski definition) is 1. The number of nitrogens with zero attached hydrogens (tertiary/aromatic N) is 5. The monoisotopic (exact) mass is 368 g/mol. The number of tetrazole rings is 1. The van der Waals surface area contributed by atoms with Crippen LogP contribution in [0.4, 0.5) is 5.82 Å². The molecule has 2 aromatic heterocycles. The van der Waals surface area contributed by atoms with E-state index >= 15 is 0 Å². The van der Waals surface area contributed by atoms with Gasteiger partial charge in [0.2, 0.25) is 0 Å². The largest absolute Gasteiger partial charge is 0.366 e. The lowest BCUT2D eigenvalue weighted by atomic mass is 10.1. The maximum absolute atomic E-state index is 4.43. The van der Waals surface area contributed by atoms with Gasteiger partial charge in [0.05, 0.1) is 11.2 Å². The Balaban J connectivity index is 2.33. The Labute approximate surface area is 162 Å². The number of anilines is 1. The van der Waals surface area contributed by atoms with Crippen molar-refractivity contribution in [1.82, 2.24) is 24.8 Å². The van der Waals surface area contributed by atoms with Crippen molar-refractivity contribution in [2.75, 3.05) is 5.32 Å². The van der Waals surface area contributed by atoms with E-state index in [-0.39, 0.29) is 11.1 Å². The molecule has 1 aromatic carbocycles. The fourth-order valence-corrected chi connectivity index (χ4v) is 3.36. The van der Waals surface area contributed by atoms with E-state index in [9.17, 15) is 0 Å². The molecule has 146 valence electrons. The molecule has 0 spiro atoms. The summed E-state index contributed by atoms with van der Waals surface area (Å²) in [6.07, 6.45) is 2.23. The summed E-state index contributed by atoms with van der Waals surface area (Å²) in [5.74, 6) is 1.96. The summed E-state index contributed by atoms with van der Waals surface area (Å²) in [4.78, 5) is 0. The quantitative estimate of drug-likeness (QED) is 0.684. The molecule has 0 unspecified atom stereocenters. The lowest BCUT2D eigenvalue weighted by Gasteiger charge is -2.25. The van der Waals surface area contributed by atoms with Gasteiger partial charge in [-0.2, -0.15) is 0 Å². The van der Waals surface area contributed by atoms with Gasteiger partial charge in [-0.25, -0.2) is 4.68 Å². The van der Waals surface area contributed by atoms with Gasteiger partial charge in [-0.15, -0.1) is 5.10 Å². The van der Waals surface area contributed by atoms with Gasteiger partial charge >= 0.3 is 0 Å². The molecule has 0 aliphatic rings. The van der Waals surface area contributed by atoms with Gasteiger partial charge in [0.1, 0.15) is 5.82 Å². The molecular weight excluding hydrogens is 336 g/mol. The Hall–Kier alpha value is -2.37. The highest BCUT2D eigenvalue weighted by molar-refractivity contribution is 6.03. The van der Waals surface area contributed by atoms with Crippen LogP contribution in [0.2, 0.25) is 0 Å². The van der Waals surface area contributed by atoms with Crippen LogP contribution in [0.25, 0.3) is 22.3 Å². The third-order valence-corrected chi connectivity index (χ3v) is 4.52. The van der Waals surface area contributed by atoms with Crippen LogP contribution < -0.4 is 5.32 Å². The lowest BCUT2D eigenvalue weighted by molar-refractivity contribution is 0.350. The topological polar surface area (TPSA) is 60.6 Å². The van der Waals surface area contributed by atoms with E-state index in [1.807, 2.05) is 4.68 Å². The minimum absolute atomic E-state index is 0.0433. The number of nitrogens with one attached hydrogen (secondary N) is 1. The van der Waals surface area contributed by atoms with Crippen molar-refractivity contribution >= 4 is 16.6 Å². The zero-order chi connectivity index (χ0) is 19.8. The van der Waals surface area contributed by atoms with Gasteiger partial charge in [-0.05, 0) is 58.4 Å². The van der Waals surface area contributed by atoms with Crippen LogP contribution in [0, 0.1) is 0 Å². The normalized spacial score (nSPS) is 12.7. The third-order valence-electron chi connectivity index (χ3n) is 4.52. The highest BCUT2D eigenvalue weighted by atomic mass is 15.6. The number of benzene rings is 1. The van der Waals surface area contributed by atoms with Gasteiger partial charge in [0.15, 0.2) is 5.82 Å². The molecule has 0 aliphatic carbocycles. The lowest BCUT2D eigenvalue weighted by Crippen LogP contribution is -2.28. The molecule has 0 bridgehead atoms. The molecule has 3 aromatic rings. The molecule has 6 heteroatoms. The molecule has 27 heavy (non-hydrogen) atoms. The second-order valence-corrected chi connectivity index (χ2v) is 9.21. The second-order valence-electron chi connectivity index (χ2n) is 9.21. The molecule has 1 N–H and O–H groups in total. The number of aromatic nitrogens is 5. The minimum Gasteiger partial charge on any atom is -0.366 e. The van der Waals surface area contributed by atoms with Crippen molar-refractivity contribution in [2.45, 2.75) is 78.9 Å². The predicted octanol–water partition coefficient (Wildman–Crippen LogP) is 5.06. The van der Waals surface area contributed by atoms with Crippen LogP contribution in [0.1, 0.15) is 61.3 Å². The molecule has 0 atom stereocenters.